The first kappa shape index (κ1) is 37.3. The summed E-state index contributed by atoms with van der Waals surface area (Å²) in [6.45, 7) is 6.34. The van der Waals surface area contributed by atoms with E-state index in [2.05, 4.69) is 20.8 Å². The summed E-state index contributed by atoms with van der Waals surface area (Å²) >= 11 is 0. The Kier molecular flexibility index (Phi) is 40.5. The van der Waals surface area contributed by atoms with Gasteiger partial charge >= 0.3 is 40.8 Å². The Morgan fingerprint density at radius 1 is 0.516 bits per heavy atom. The monoisotopic (exact) mass is 565 g/mol. The second kappa shape index (κ2) is 33.6. The second-order valence-corrected chi connectivity index (χ2v) is 6.65. The molecular formula is C24H39NdO6. The molecule has 175 valence electrons. The standard InChI is InChI=1S/3C8H14O2.Nd/c3*1-2-3-4-5-6-7-8(9)10;/h3*6-7H,2-5H2,1H3,(H,9,10);/q;;;+3/p-3. The average molecular weight is 568 g/mol. The van der Waals surface area contributed by atoms with Crippen LogP contribution in [0.4, 0.5) is 0 Å². The van der Waals surface area contributed by atoms with Gasteiger partial charge in [0.25, 0.3) is 0 Å². The molecule has 7 heteroatoms. The average Bonchev–Trinajstić information content (AvgIpc) is 2.68. The largest absolute Gasteiger partial charge is 3.00 e. The molecule has 0 saturated heterocycles. The van der Waals surface area contributed by atoms with Crippen molar-refractivity contribution in [2.45, 2.75) is 97.8 Å². The number of hydrogen-bond acceptors (Lipinski definition) is 6. The number of rotatable bonds is 15. The van der Waals surface area contributed by atoms with Crippen LogP contribution >= 0.6 is 0 Å². The number of carboxylic acids is 3. The smallest absolute Gasteiger partial charge is 0.545 e. The number of carboxylic acid groups (broad SMARTS) is 3. The molecule has 0 bridgehead atoms. The molecule has 0 fully saturated rings. The molecule has 0 spiro atoms. The maximum atomic E-state index is 9.83. The second-order valence-electron chi connectivity index (χ2n) is 6.65. The summed E-state index contributed by atoms with van der Waals surface area (Å²) in [4.78, 5) is 29.5. The molecular weight excluding hydrogens is 528 g/mol. The van der Waals surface area contributed by atoms with Crippen LogP contribution in [-0.4, -0.2) is 17.9 Å². The first-order chi connectivity index (χ1) is 14.3. The van der Waals surface area contributed by atoms with Crippen molar-refractivity contribution in [1.29, 1.82) is 0 Å². The molecule has 0 unspecified atom stereocenters. The van der Waals surface area contributed by atoms with Crippen LogP contribution in [-0.2, 0) is 14.4 Å². The third-order valence-electron chi connectivity index (χ3n) is 3.68. The molecule has 0 aliphatic rings. The van der Waals surface area contributed by atoms with Gasteiger partial charge in [0.15, 0.2) is 0 Å². The summed E-state index contributed by atoms with van der Waals surface area (Å²) in [5.41, 5.74) is 0. The molecule has 0 aliphatic carbocycles. The van der Waals surface area contributed by atoms with Gasteiger partial charge in [0.1, 0.15) is 0 Å². The van der Waals surface area contributed by atoms with E-state index in [4.69, 9.17) is 0 Å². The summed E-state index contributed by atoms with van der Waals surface area (Å²) < 4.78 is 0. The third-order valence-corrected chi connectivity index (χ3v) is 3.68. The van der Waals surface area contributed by atoms with Gasteiger partial charge in [-0.25, -0.2) is 0 Å². The van der Waals surface area contributed by atoms with E-state index in [1.807, 2.05) is 0 Å². The van der Waals surface area contributed by atoms with Gasteiger partial charge in [-0.1, -0.05) is 77.5 Å². The van der Waals surface area contributed by atoms with Crippen LogP contribution < -0.4 is 15.3 Å². The van der Waals surface area contributed by atoms with Gasteiger partial charge in [0.2, 0.25) is 0 Å². The van der Waals surface area contributed by atoms with Gasteiger partial charge in [-0.15, -0.1) is 0 Å². The van der Waals surface area contributed by atoms with E-state index in [0.717, 1.165) is 76.0 Å². The van der Waals surface area contributed by atoms with Crippen LogP contribution in [0.2, 0.25) is 0 Å². The normalized spacial score (nSPS) is 10.2. The fourth-order valence-corrected chi connectivity index (χ4v) is 2.08. The number of aliphatic carboxylic acids is 3. The van der Waals surface area contributed by atoms with E-state index in [1.54, 1.807) is 18.2 Å². The molecule has 6 nitrogen and oxygen atoms in total. The van der Waals surface area contributed by atoms with Crippen molar-refractivity contribution in [3.8, 4) is 0 Å². The molecule has 0 heterocycles. The molecule has 0 N–H and O–H groups in total. The zero-order valence-electron chi connectivity index (χ0n) is 19.4. The van der Waals surface area contributed by atoms with Crippen molar-refractivity contribution < 1.29 is 70.5 Å². The summed E-state index contributed by atoms with van der Waals surface area (Å²) in [7, 11) is 0. The molecule has 1 radical (unpaired) electrons. The van der Waals surface area contributed by atoms with Gasteiger partial charge in [-0.2, -0.15) is 0 Å². The van der Waals surface area contributed by atoms with Crippen LogP contribution in [0.1, 0.15) is 97.8 Å². The predicted octanol–water partition coefficient (Wildman–Crippen LogP) is 2.62. The van der Waals surface area contributed by atoms with Crippen molar-refractivity contribution in [3.63, 3.8) is 0 Å². The van der Waals surface area contributed by atoms with Gasteiger partial charge in [-0.3, -0.25) is 0 Å². The van der Waals surface area contributed by atoms with Crippen LogP contribution in [0.5, 0.6) is 0 Å². The van der Waals surface area contributed by atoms with E-state index in [1.165, 1.54) is 19.3 Å². The zero-order chi connectivity index (χ0) is 23.5. The van der Waals surface area contributed by atoms with Crippen LogP contribution in [0.15, 0.2) is 36.5 Å². The summed E-state index contributed by atoms with van der Waals surface area (Å²) in [6, 6.07) is 0. The van der Waals surface area contributed by atoms with Gasteiger partial charge < -0.3 is 29.7 Å². The van der Waals surface area contributed by atoms with Crippen molar-refractivity contribution >= 4 is 17.9 Å². The van der Waals surface area contributed by atoms with Crippen LogP contribution in [0.25, 0.3) is 0 Å². The molecule has 31 heavy (non-hydrogen) atoms. The fraction of sp³-hybridized carbons (Fsp3) is 0.625. The Morgan fingerprint density at radius 3 is 0.903 bits per heavy atom. The van der Waals surface area contributed by atoms with Crippen LogP contribution in [0.3, 0.4) is 0 Å². The minimum absolute atomic E-state index is 0. The number of carbonyl (C=O) groups is 3. The van der Waals surface area contributed by atoms with E-state index in [9.17, 15) is 29.7 Å². The predicted molar refractivity (Wildman–Crippen MR) is 115 cm³/mol. The summed E-state index contributed by atoms with van der Waals surface area (Å²) in [6.07, 6.45) is 21.0. The van der Waals surface area contributed by atoms with Gasteiger partial charge in [0, 0.05) is 0 Å². The third kappa shape index (κ3) is 52.8. The summed E-state index contributed by atoms with van der Waals surface area (Å²) in [5.74, 6) is -3.30. The molecule has 0 aromatic carbocycles. The van der Waals surface area contributed by atoms with E-state index >= 15 is 0 Å². The van der Waals surface area contributed by atoms with E-state index < -0.39 is 17.9 Å². The van der Waals surface area contributed by atoms with Crippen molar-refractivity contribution in [3.05, 3.63) is 36.5 Å². The Morgan fingerprint density at radius 2 is 0.742 bits per heavy atom. The Labute approximate surface area is 221 Å². The Bertz CT molecular complexity index is 427. The van der Waals surface area contributed by atoms with Crippen LogP contribution in [0, 0.1) is 40.8 Å². The number of hydrogen-bond donors (Lipinski definition) is 0. The molecule has 0 saturated carbocycles. The molecule has 0 aromatic heterocycles. The first-order valence-corrected chi connectivity index (χ1v) is 10.9. The van der Waals surface area contributed by atoms with Crippen molar-refractivity contribution in [2.24, 2.45) is 0 Å². The Hall–Kier alpha value is -1.02. The topological polar surface area (TPSA) is 120 Å². The maximum absolute atomic E-state index is 9.83. The first-order valence-electron chi connectivity index (χ1n) is 10.9. The minimum atomic E-state index is -1.10. The minimum Gasteiger partial charge on any atom is -0.545 e. The molecule has 0 aromatic rings. The number of carbonyl (C=O) groups excluding carboxylic acids is 3. The van der Waals surface area contributed by atoms with E-state index in [-0.39, 0.29) is 40.8 Å². The number of allylic oxidation sites excluding steroid dienone is 3. The SMILES string of the molecule is CCCCCC=CC(=O)[O-].CCCCCC=CC(=O)[O-].CCCCCC=CC(=O)[O-].[Nd+3]. The summed E-state index contributed by atoms with van der Waals surface area (Å²) in [5, 5.41) is 29.5. The van der Waals surface area contributed by atoms with Gasteiger partial charge in [0.05, 0.1) is 17.9 Å². The molecule has 0 rings (SSSR count). The Balaban J connectivity index is -0.000000174. The zero-order valence-corrected chi connectivity index (χ0v) is 22.6. The quantitative estimate of drug-likeness (QED) is 0.222. The molecule has 0 aliphatic heterocycles. The fourth-order valence-electron chi connectivity index (χ4n) is 2.08. The number of unbranched alkanes of at least 4 members (excludes halogenated alkanes) is 9. The maximum Gasteiger partial charge on any atom is 3.00 e. The van der Waals surface area contributed by atoms with Gasteiger partial charge in [-0.05, 0) is 56.8 Å². The van der Waals surface area contributed by atoms with Crippen molar-refractivity contribution in [1.82, 2.24) is 0 Å². The van der Waals surface area contributed by atoms with E-state index in [0.29, 0.717) is 0 Å². The van der Waals surface area contributed by atoms with Crippen molar-refractivity contribution in [2.75, 3.05) is 0 Å². The molecule has 0 atom stereocenters. The molecule has 0 amide bonds.